The fourth-order valence-electron chi connectivity index (χ4n) is 4.46. The van der Waals surface area contributed by atoms with Crippen molar-refractivity contribution in [2.75, 3.05) is 60.4 Å². The molecule has 2 aliphatic heterocycles. The van der Waals surface area contributed by atoms with Gasteiger partial charge in [-0.2, -0.15) is 0 Å². The third-order valence-corrected chi connectivity index (χ3v) is 5.85. The maximum absolute atomic E-state index is 12.1. The minimum absolute atomic E-state index is 0.0932. The summed E-state index contributed by atoms with van der Waals surface area (Å²) in [6.07, 6.45) is 3.91. The summed E-state index contributed by atoms with van der Waals surface area (Å²) in [6, 6.07) is 0.0932. The quantitative estimate of drug-likeness (QED) is 0.807. The highest BCUT2D eigenvalue weighted by Gasteiger charge is 2.40. The Morgan fingerprint density at radius 1 is 1.21 bits per heavy atom. The Morgan fingerprint density at radius 3 is 2.42 bits per heavy atom. The van der Waals surface area contributed by atoms with Crippen LogP contribution in [0.2, 0.25) is 0 Å². The van der Waals surface area contributed by atoms with Gasteiger partial charge in [-0.15, -0.1) is 0 Å². The molecule has 0 unspecified atom stereocenters. The monoisotopic (exact) mass is 338 g/mol. The fraction of sp³-hybridized carbons (Fsp3) is 0.947. The van der Waals surface area contributed by atoms with Crippen LogP contribution < -0.4 is 5.32 Å². The number of amides is 2. The number of piperidine rings is 1. The first-order valence-electron chi connectivity index (χ1n) is 9.74. The highest BCUT2D eigenvalue weighted by molar-refractivity contribution is 5.74. The van der Waals surface area contributed by atoms with Crippen LogP contribution in [0.3, 0.4) is 0 Å². The summed E-state index contributed by atoms with van der Waals surface area (Å²) in [5, 5.41) is 2.80. The van der Waals surface area contributed by atoms with Gasteiger partial charge in [0.05, 0.1) is 0 Å². The molecule has 1 N–H and O–H groups in total. The maximum Gasteiger partial charge on any atom is 0.317 e. The molecule has 2 amide bonds. The van der Waals surface area contributed by atoms with Crippen molar-refractivity contribution in [3.05, 3.63) is 0 Å². The van der Waals surface area contributed by atoms with E-state index in [1.165, 1.54) is 38.9 Å². The molecular formula is C19H38N4O. The minimum Gasteiger partial charge on any atom is -0.341 e. The van der Waals surface area contributed by atoms with Gasteiger partial charge in [0.15, 0.2) is 0 Å². The predicted octanol–water partition coefficient (Wildman–Crippen LogP) is 2.19. The lowest BCUT2D eigenvalue weighted by Crippen LogP contribution is -2.40. The molecular weight excluding hydrogens is 300 g/mol. The highest BCUT2D eigenvalue weighted by atomic mass is 16.2. The Labute approximate surface area is 148 Å². The number of urea groups is 1. The lowest BCUT2D eigenvalue weighted by molar-refractivity contribution is 0.122. The van der Waals surface area contributed by atoms with Gasteiger partial charge in [0.1, 0.15) is 0 Å². The van der Waals surface area contributed by atoms with Crippen molar-refractivity contribution in [3.8, 4) is 0 Å². The van der Waals surface area contributed by atoms with Crippen molar-refractivity contribution in [1.29, 1.82) is 0 Å². The average Bonchev–Trinajstić information content (AvgIpc) is 2.95. The second kappa shape index (κ2) is 9.04. The number of hydrogen-bond donors (Lipinski definition) is 1. The molecule has 5 heteroatoms. The first-order valence-corrected chi connectivity index (χ1v) is 9.74. The van der Waals surface area contributed by atoms with Gasteiger partial charge < -0.3 is 20.0 Å². The van der Waals surface area contributed by atoms with Gasteiger partial charge in [-0.3, -0.25) is 0 Å². The summed E-state index contributed by atoms with van der Waals surface area (Å²) < 4.78 is 0. The number of nitrogens with one attached hydrogen (secondary N) is 1. The Bertz CT molecular complexity index is 391. The molecule has 0 spiro atoms. The summed E-state index contributed by atoms with van der Waals surface area (Å²) in [7, 11) is 6.03. The van der Waals surface area contributed by atoms with Crippen molar-refractivity contribution in [1.82, 2.24) is 20.0 Å². The predicted molar refractivity (Wildman–Crippen MR) is 100 cm³/mol. The normalized spacial score (nSPS) is 26.5. The SMILES string of the molecule is CNC(=O)N1C[C@@H](CN(C)C)[C@@H](C2CCN(CCC(C)C)CC2)C1. The third-order valence-electron chi connectivity index (χ3n) is 5.85. The number of likely N-dealkylation sites (tertiary alicyclic amines) is 2. The molecule has 5 nitrogen and oxygen atoms in total. The minimum atomic E-state index is 0.0932. The van der Waals surface area contributed by atoms with E-state index >= 15 is 0 Å². The summed E-state index contributed by atoms with van der Waals surface area (Å²) >= 11 is 0. The highest BCUT2D eigenvalue weighted by Crippen LogP contribution is 2.36. The molecule has 0 aromatic rings. The van der Waals surface area contributed by atoms with E-state index in [4.69, 9.17) is 0 Å². The molecule has 0 bridgehead atoms. The van der Waals surface area contributed by atoms with E-state index in [1.807, 2.05) is 4.90 Å². The van der Waals surface area contributed by atoms with Crippen molar-refractivity contribution in [3.63, 3.8) is 0 Å². The number of carbonyl (C=O) groups is 1. The second-order valence-electron chi connectivity index (χ2n) is 8.51. The summed E-state index contributed by atoms with van der Waals surface area (Å²) in [5.74, 6) is 2.85. The molecule has 24 heavy (non-hydrogen) atoms. The lowest BCUT2D eigenvalue weighted by Gasteiger charge is -2.37. The Kier molecular flexibility index (Phi) is 7.35. The number of rotatable bonds is 6. The van der Waals surface area contributed by atoms with E-state index < -0.39 is 0 Å². The van der Waals surface area contributed by atoms with Crippen LogP contribution in [0.1, 0.15) is 33.1 Å². The van der Waals surface area contributed by atoms with Crippen molar-refractivity contribution < 1.29 is 4.79 Å². The van der Waals surface area contributed by atoms with Crippen LogP contribution in [0.15, 0.2) is 0 Å². The molecule has 0 aromatic carbocycles. The van der Waals surface area contributed by atoms with Crippen molar-refractivity contribution in [2.24, 2.45) is 23.7 Å². The van der Waals surface area contributed by atoms with Gasteiger partial charge in [0.2, 0.25) is 0 Å². The van der Waals surface area contributed by atoms with Crippen molar-refractivity contribution >= 4 is 6.03 Å². The second-order valence-corrected chi connectivity index (χ2v) is 8.51. The van der Waals surface area contributed by atoms with Crippen LogP contribution in [0.5, 0.6) is 0 Å². The van der Waals surface area contributed by atoms with E-state index in [-0.39, 0.29) is 6.03 Å². The Hall–Kier alpha value is -0.810. The molecule has 0 radical (unpaired) electrons. The van der Waals surface area contributed by atoms with Gasteiger partial charge in [0, 0.05) is 26.7 Å². The fourth-order valence-corrected chi connectivity index (χ4v) is 4.46. The van der Waals surface area contributed by atoms with Gasteiger partial charge in [-0.05, 0) is 76.7 Å². The van der Waals surface area contributed by atoms with Gasteiger partial charge in [-0.25, -0.2) is 4.79 Å². The van der Waals surface area contributed by atoms with Gasteiger partial charge in [0.25, 0.3) is 0 Å². The largest absolute Gasteiger partial charge is 0.341 e. The zero-order chi connectivity index (χ0) is 17.7. The van der Waals surface area contributed by atoms with E-state index in [0.717, 1.165) is 31.5 Å². The third kappa shape index (κ3) is 5.35. The topological polar surface area (TPSA) is 38.8 Å². The zero-order valence-electron chi connectivity index (χ0n) is 16.4. The number of hydrogen-bond acceptors (Lipinski definition) is 3. The Morgan fingerprint density at radius 2 is 1.88 bits per heavy atom. The van der Waals surface area contributed by atoms with Crippen LogP contribution in [-0.4, -0.2) is 81.1 Å². The van der Waals surface area contributed by atoms with E-state index in [1.54, 1.807) is 7.05 Å². The van der Waals surface area contributed by atoms with Crippen LogP contribution in [0, 0.1) is 23.7 Å². The molecule has 2 heterocycles. The van der Waals surface area contributed by atoms with Crippen molar-refractivity contribution in [2.45, 2.75) is 33.1 Å². The molecule has 140 valence electrons. The van der Waals surface area contributed by atoms with Crippen LogP contribution in [-0.2, 0) is 0 Å². The molecule has 2 fully saturated rings. The van der Waals surface area contributed by atoms with E-state index in [0.29, 0.717) is 11.8 Å². The molecule has 0 saturated carbocycles. The average molecular weight is 339 g/mol. The maximum atomic E-state index is 12.1. The van der Waals surface area contributed by atoms with E-state index in [2.05, 4.69) is 43.1 Å². The zero-order valence-corrected chi connectivity index (χ0v) is 16.4. The van der Waals surface area contributed by atoms with Crippen LogP contribution in [0.25, 0.3) is 0 Å². The summed E-state index contributed by atoms with van der Waals surface area (Å²) in [5.41, 5.74) is 0. The number of nitrogens with zero attached hydrogens (tertiary/aromatic N) is 3. The molecule has 0 aromatic heterocycles. The first kappa shape index (κ1) is 19.5. The first-order chi connectivity index (χ1) is 11.4. The number of carbonyl (C=O) groups excluding carboxylic acids is 1. The molecule has 2 rings (SSSR count). The molecule has 2 aliphatic rings. The van der Waals surface area contributed by atoms with Crippen LogP contribution in [0.4, 0.5) is 4.79 Å². The van der Waals surface area contributed by atoms with Gasteiger partial charge >= 0.3 is 6.03 Å². The van der Waals surface area contributed by atoms with E-state index in [9.17, 15) is 4.79 Å². The Balaban J connectivity index is 1.90. The molecule has 0 aliphatic carbocycles. The summed E-state index contributed by atoms with van der Waals surface area (Å²) in [6.45, 7) is 11.3. The summed E-state index contributed by atoms with van der Waals surface area (Å²) in [4.78, 5) is 19.0. The standard InChI is InChI=1S/C19H38N4O/c1-15(2)6-9-22-10-7-16(8-11-22)18-14-23(19(24)20-3)13-17(18)12-21(4)5/h15-18H,6-14H2,1-5H3,(H,20,24)/t17-,18-/m1/s1. The smallest absolute Gasteiger partial charge is 0.317 e. The lowest BCUT2D eigenvalue weighted by atomic mass is 9.78. The molecule has 2 atom stereocenters. The van der Waals surface area contributed by atoms with Gasteiger partial charge in [-0.1, -0.05) is 13.8 Å². The van der Waals surface area contributed by atoms with Crippen LogP contribution >= 0.6 is 0 Å². The molecule has 2 saturated heterocycles.